The fraction of sp³-hybridized carbons (Fsp3) is 0.800. The molecule has 0 unspecified atom stereocenters. The van der Waals surface area contributed by atoms with E-state index in [9.17, 15) is 18.4 Å². The summed E-state index contributed by atoms with van der Waals surface area (Å²) in [6.07, 6.45) is -1.93. The van der Waals surface area contributed by atoms with E-state index in [0.717, 1.165) is 0 Å². The molecule has 2 amide bonds. The van der Waals surface area contributed by atoms with Gasteiger partial charge in [0.1, 0.15) is 0 Å². The van der Waals surface area contributed by atoms with Crippen LogP contribution >= 0.6 is 0 Å². The molecule has 0 aromatic heterocycles. The maximum atomic E-state index is 11.9. The zero-order valence-electron chi connectivity index (χ0n) is 9.94. The number of nitrogens with one attached hydrogen (secondary N) is 1. The minimum atomic E-state index is -2.57. The van der Waals surface area contributed by atoms with Gasteiger partial charge in [-0.05, 0) is 6.42 Å². The normalized spacial score (nSPS) is 17.6. The molecule has 104 valence electrons. The van der Waals surface area contributed by atoms with Crippen molar-refractivity contribution in [1.82, 2.24) is 15.1 Å². The summed E-state index contributed by atoms with van der Waals surface area (Å²) in [4.78, 5) is 25.2. The smallest absolute Gasteiger partial charge is 0.317 e. The lowest BCUT2D eigenvalue weighted by atomic mass is 10.4. The van der Waals surface area contributed by atoms with Crippen LogP contribution in [0.4, 0.5) is 13.6 Å². The summed E-state index contributed by atoms with van der Waals surface area (Å²) in [5.41, 5.74) is 0. The molecule has 0 aromatic carbocycles. The Morgan fingerprint density at radius 2 is 1.94 bits per heavy atom. The first kappa shape index (κ1) is 14.6. The van der Waals surface area contributed by atoms with Crippen LogP contribution in [-0.2, 0) is 4.79 Å². The standard InChI is InChI=1S/C10H17F2N3O3/c11-8(12)6-13-10(18)15-3-1-2-14(4-5-15)7-9(16)17/h8H,1-7H2,(H,13,18)(H,16,17). The van der Waals surface area contributed by atoms with Gasteiger partial charge in [-0.3, -0.25) is 9.69 Å². The average molecular weight is 265 g/mol. The summed E-state index contributed by atoms with van der Waals surface area (Å²) in [7, 11) is 0. The number of hydrogen-bond acceptors (Lipinski definition) is 3. The van der Waals surface area contributed by atoms with Crippen LogP contribution in [0.25, 0.3) is 0 Å². The van der Waals surface area contributed by atoms with Crippen molar-refractivity contribution in [2.24, 2.45) is 0 Å². The van der Waals surface area contributed by atoms with Gasteiger partial charge in [0.2, 0.25) is 0 Å². The molecule has 0 atom stereocenters. The van der Waals surface area contributed by atoms with Gasteiger partial charge in [0.25, 0.3) is 6.43 Å². The van der Waals surface area contributed by atoms with E-state index in [1.807, 2.05) is 0 Å². The predicted octanol–water partition coefficient (Wildman–Crippen LogP) is 0.0534. The van der Waals surface area contributed by atoms with E-state index in [0.29, 0.717) is 32.6 Å². The van der Waals surface area contributed by atoms with Gasteiger partial charge in [0.15, 0.2) is 0 Å². The highest BCUT2D eigenvalue weighted by Gasteiger charge is 2.20. The Bertz CT molecular complexity index is 302. The number of carboxylic acid groups (broad SMARTS) is 1. The summed E-state index contributed by atoms with van der Waals surface area (Å²) >= 11 is 0. The SMILES string of the molecule is O=C(O)CN1CCCN(C(=O)NCC(F)F)CC1. The van der Waals surface area contributed by atoms with Gasteiger partial charge < -0.3 is 15.3 Å². The van der Waals surface area contributed by atoms with E-state index in [2.05, 4.69) is 5.32 Å². The Morgan fingerprint density at radius 3 is 2.56 bits per heavy atom. The predicted molar refractivity (Wildman–Crippen MR) is 59.7 cm³/mol. The van der Waals surface area contributed by atoms with Crippen molar-refractivity contribution in [2.75, 3.05) is 39.3 Å². The van der Waals surface area contributed by atoms with Crippen LogP contribution in [0.1, 0.15) is 6.42 Å². The second kappa shape index (κ2) is 7.10. The van der Waals surface area contributed by atoms with Crippen molar-refractivity contribution < 1.29 is 23.5 Å². The summed E-state index contributed by atoms with van der Waals surface area (Å²) in [5, 5.41) is 10.8. The molecule has 18 heavy (non-hydrogen) atoms. The van der Waals surface area contributed by atoms with Crippen LogP contribution < -0.4 is 5.32 Å². The molecule has 8 heteroatoms. The molecule has 0 aliphatic carbocycles. The Hall–Kier alpha value is -1.44. The van der Waals surface area contributed by atoms with Crippen molar-refractivity contribution in [1.29, 1.82) is 0 Å². The maximum absolute atomic E-state index is 11.9. The van der Waals surface area contributed by atoms with Crippen LogP contribution in [0.15, 0.2) is 0 Å². The Labute approximate surface area is 104 Å². The molecule has 0 spiro atoms. The van der Waals surface area contributed by atoms with Gasteiger partial charge in [-0.15, -0.1) is 0 Å². The van der Waals surface area contributed by atoms with Gasteiger partial charge >= 0.3 is 12.0 Å². The van der Waals surface area contributed by atoms with Crippen molar-refractivity contribution in [2.45, 2.75) is 12.8 Å². The first-order valence-corrected chi connectivity index (χ1v) is 5.74. The van der Waals surface area contributed by atoms with E-state index < -0.39 is 25.0 Å². The first-order valence-electron chi connectivity index (χ1n) is 5.74. The fourth-order valence-electron chi connectivity index (χ4n) is 1.80. The molecule has 1 aliphatic heterocycles. The third-order valence-corrected chi connectivity index (χ3v) is 2.64. The molecule has 1 aliphatic rings. The number of rotatable bonds is 4. The molecule has 1 heterocycles. The number of amides is 2. The molecule has 6 nitrogen and oxygen atoms in total. The maximum Gasteiger partial charge on any atom is 0.317 e. The van der Waals surface area contributed by atoms with Crippen LogP contribution in [0.5, 0.6) is 0 Å². The van der Waals surface area contributed by atoms with E-state index in [-0.39, 0.29) is 6.54 Å². The first-order chi connectivity index (χ1) is 8.49. The summed E-state index contributed by atoms with van der Waals surface area (Å²) in [6.45, 7) is 1.10. The highest BCUT2D eigenvalue weighted by atomic mass is 19.3. The monoisotopic (exact) mass is 265 g/mol. The van der Waals surface area contributed by atoms with Gasteiger partial charge in [-0.1, -0.05) is 0 Å². The highest BCUT2D eigenvalue weighted by Crippen LogP contribution is 2.03. The molecule has 0 aromatic rings. The molecule has 1 fully saturated rings. The van der Waals surface area contributed by atoms with Gasteiger partial charge in [-0.25, -0.2) is 13.6 Å². The van der Waals surface area contributed by atoms with Crippen LogP contribution in [0.2, 0.25) is 0 Å². The van der Waals surface area contributed by atoms with Crippen molar-refractivity contribution in [3.63, 3.8) is 0 Å². The van der Waals surface area contributed by atoms with Gasteiger partial charge in [0.05, 0.1) is 13.1 Å². The number of aliphatic carboxylic acids is 1. The van der Waals surface area contributed by atoms with Crippen LogP contribution in [0, 0.1) is 0 Å². The number of carbonyl (C=O) groups excluding carboxylic acids is 1. The molecule has 1 saturated heterocycles. The zero-order chi connectivity index (χ0) is 13.5. The lowest BCUT2D eigenvalue weighted by molar-refractivity contribution is -0.138. The highest BCUT2D eigenvalue weighted by molar-refractivity contribution is 5.74. The third kappa shape index (κ3) is 5.26. The van der Waals surface area contributed by atoms with E-state index >= 15 is 0 Å². The molecule has 1 rings (SSSR count). The topological polar surface area (TPSA) is 72.9 Å². The Morgan fingerprint density at radius 1 is 1.22 bits per heavy atom. The lowest BCUT2D eigenvalue weighted by Crippen LogP contribution is -2.43. The quantitative estimate of drug-likeness (QED) is 0.753. The summed E-state index contributed by atoms with van der Waals surface area (Å²) in [6, 6.07) is -0.521. The second-order valence-corrected chi connectivity index (χ2v) is 4.09. The molecular weight excluding hydrogens is 248 g/mol. The summed E-state index contributed by atoms with van der Waals surface area (Å²) in [5.74, 6) is -0.911. The van der Waals surface area contributed by atoms with Crippen molar-refractivity contribution in [3.05, 3.63) is 0 Å². The van der Waals surface area contributed by atoms with Crippen molar-refractivity contribution in [3.8, 4) is 0 Å². The molecule has 0 bridgehead atoms. The lowest BCUT2D eigenvalue weighted by Gasteiger charge is -2.21. The fourth-order valence-corrected chi connectivity index (χ4v) is 1.80. The van der Waals surface area contributed by atoms with Gasteiger partial charge in [0, 0.05) is 26.2 Å². The number of carboxylic acids is 1. The Balaban J connectivity index is 2.36. The number of hydrogen-bond donors (Lipinski definition) is 2. The average Bonchev–Trinajstić information content (AvgIpc) is 2.50. The van der Waals surface area contributed by atoms with Gasteiger partial charge in [-0.2, -0.15) is 0 Å². The minimum Gasteiger partial charge on any atom is -0.480 e. The molecule has 0 saturated carbocycles. The zero-order valence-corrected chi connectivity index (χ0v) is 9.94. The Kier molecular flexibility index (Phi) is 5.76. The number of carbonyl (C=O) groups is 2. The number of urea groups is 1. The van der Waals surface area contributed by atoms with Crippen LogP contribution in [0.3, 0.4) is 0 Å². The minimum absolute atomic E-state index is 0.0630. The third-order valence-electron chi connectivity index (χ3n) is 2.64. The largest absolute Gasteiger partial charge is 0.480 e. The molecule has 2 N–H and O–H groups in total. The van der Waals surface area contributed by atoms with Crippen molar-refractivity contribution >= 4 is 12.0 Å². The van der Waals surface area contributed by atoms with E-state index in [4.69, 9.17) is 5.11 Å². The number of nitrogens with zero attached hydrogens (tertiary/aromatic N) is 2. The molecule has 0 radical (unpaired) electrons. The number of alkyl halides is 2. The molecular formula is C10H17F2N3O3. The number of halogens is 2. The summed E-state index contributed by atoms with van der Waals surface area (Å²) < 4.78 is 23.9. The van der Waals surface area contributed by atoms with Crippen LogP contribution in [-0.4, -0.2) is 72.6 Å². The van der Waals surface area contributed by atoms with E-state index in [1.165, 1.54) is 4.90 Å². The van der Waals surface area contributed by atoms with E-state index in [1.54, 1.807) is 4.90 Å². The second-order valence-electron chi connectivity index (χ2n) is 4.09.